The summed E-state index contributed by atoms with van der Waals surface area (Å²) in [5.74, 6) is 0.802. The molecule has 0 aromatic heterocycles. The Kier molecular flexibility index (Phi) is 3.91. The maximum Gasteiger partial charge on any atom is 0.0306 e. The molecule has 16 heavy (non-hydrogen) atoms. The van der Waals surface area contributed by atoms with Crippen molar-refractivity contribution >= 4 is 0 Å². The molecule has 94 valence electrons. The van der Waals surface area contributed by atoms with Crippen molar-refractivity contribution < 1.29 is 0 Å². The van der Waals surface area contributed by atoms with E-state index in [9.17, 15) is 0 Å². The highest BCUT2D eigenvalue weighted by atomic mass is 15.2. The van der Waals surface area contributed by atoms with Gasteiger partial charge in [0.25, 0.3) is 0 Å². The zero-order valence-electron chi connectivity index (χ0n) is 11.3. The fourth-order valence-electron chi connectivity index (χ4n) is 3.06. The van der Waals surface area contributed by atoms with Gasteiger partial charge in [0, 0.05) is 24.7 Å². The molecule has 0 aromatic rings. The lowest BCUT2D eigenvalue weighted by atomic mass is 9.93. The topological polar surface area (TPSA) is 15.3 Å². The van der Waals surface area contributed by atoms with E-state index >= 15 is 0 Å². The second-order valence-corrected chi connectivity index (χ2v) is 6.22. The van der Waals surface area contributed by atoms with E-state index in [1.54, 1.807) is 0 Å². The van der Waals surface area contributed by atoms with Crippen LogP contribution in [0.15, 0.2) is 0 Å². The maximum atomic E-state index is 3.76. The Morgan fingerprint density at radius 3 is 2.56 bits per heavy atom. The SMILES string of the molecule is CCC1(CN(CC(C)C)C2CC2)CCCN1. The molecule has 1 aliphatic heterocycles. The van der Waals surface area contributed by atoms with Crippen LogP contribution in [0.2, 0.25) is 0 Å². The maximum absolute atomic E-state index is 3.76. The molecule has 0 spiro atoms. The summed E-state index contributed by atoms with van der Waals surface area (Å²) >= 11 is 0. The zero-order chi connectivity index (χ0) is 11.6. The third-order valence-corrected chi connectivity index (χ3v) is 4.18. The van der Waals surface area contributed by atoms with Crippen LogP contribution in [0.5, 0.6) is 0 Å². The van der Waals surface area contributed by atoms with Crippen molar-refractivity contribution in [1.82, 2.24) is 10.2 Å². The van der Waals surface area contributed by atoms with Gasteiger partial charge in [0.1, 0.15) is 0 Å². The second kappa shape index (κ2) is 5.05. The Hall–Kier alpha value is -0.0800. The van der Waals surface area contributed by atoms with Crippen molar-refractivity contribution in [2.24, 2.45) is 5.92 Å². The van der Waals surface area contributed by atoms with E-state index in [0.717, 1.165) is 12.0 Å². The van der Waals surface area contributed by atoms with Crippen LogP contribution < -0.4 is 5.32 Å². The van der Waals surface area contributed by atoms with Crippen molar-refractivity contribution in [1.29, 1.82) is 0 Å². The standard InChI is InChI=1S/C14H28N2/c1-4-14(8-5-9-15-14)11-16(10-12(2)3)13-6-7-13/h12-13,15H,4-11H2,1-3H3. The number of nitrogens with zero attached hydrogens (tertiary/aromatic N) is 1. The minimum Gasteiger partial charge on any atom is -0.310 e. The lowest BCUT2D eigenvalue weighted by Gasteiger charge is -2.36. The highest BCUT2D eigenvalue weighted by Gasteiger charge is 2.38. The lowest BCUT2D eigenvalue weighted by molar-refractivity contribution is 0.164. The van der Waals surface area contributed by atoms with Crippen LogP contribution >= 0.6 is 0 Å². The summed E-state index contributed by atoms with van der Waals surface area (Å²) in [6.45, 7) is 10.8. The third kappa shape index (κ3) is 2.98. The quantitative estimate of drug-likeness (QED) is 0.746. The van der Waals surface area contributed by atoms with Crippen LogP contribution in [0.3, 0.4) is 0 Å². The van der Waals surface area contributed by atoms with Gasteiger partial charge in [0.05, 0.1) is 0 Å². The van der Waals surface area contributed by atoms with Gasteiger partial charge in [0.2, 0.25) is 0 Å². The van der Waals surface area contributed by atoms with Crippen LogP contribution in [0.1, 0.15) is 52.9 Å². The summed E-state index contributed by atoms with van der Waals surface area (Å²) in [5.41, 5.74) is 0.442. The number of nitrogens with one attached hydrogen (secondary N) is 1. The molecule has 1 saturated heterocycles. The van der Waals surface area contributed by atoms with Crippen LogP contribution in [0.25, 0.3) is 0 Å². The van der Waals surface area contributed by atoms with E-state index in [1.807, 2.05) is 0 Å². The number of rotatable bonds is 6. The van der Waals surface area contributed by atoms with Gasteiger partial charge in [-0.1, -0.05) is 20.8 Å². The molecule has 1 heterocycles. The lowest BCUT2D eigenvalue weighted by Crippen LogP contribution is -2.50. The monoisotopic (exact) mass is 224 g/mol. The van der Waals surface area contributed by atoms with Gasteiger partial charge in [-0.05, 0) is 44.6 Å². The Balaban J connectivity index is 1.92. The molecule has 1 atom stereocenters. The van der Waals surface area contributed by atoms with Crippen LogP contribution in [-0.2, 0) is 0 Å². The van der Waals surface area contributed by atoms with Crippen LogP contribution in [-0.4, -0.2) is 36.1 Å². The Morgan fingerprint density at radius 2 is 2.12 bits per heavy atom. The summed E-state index contributed by atoms with van der Waals surface area (Å²) in [6.07, 6.45) is 6.91. The fraction of sp³-hybridized carbons (Fsp3) is 1.00. The average Bonchev–Trinajstić information content (AvgIpc) is 2.99. The minimum absolute atomic E-state index is 0.442. The predicted octanol–water partition coefficient (Wildman–Crippen LogP) is 2.64. The molecule has 0 aromatic carbocycles. The van der Waals surface area contributed by atoms with Crippen molar-refractivity contribution in [3.05, 3.63) is 0 Å². The Labute approximate surface area is 101 Å². The van der Waals surface area contributed by atoms with Gasteiger partial charge in [-0.15, -0.1) is 0 Å². The molecule has 2 nitrogen and oxygen atoms in total. The van der Waals surface area contributed by atoms with Crippen molar-refractivity contribution in [2.45, 2.75) is 64.5 Å². The van der Waals surface area contributed by atoms with Crippen LogP contribution in [0.4, 0.5) is 0 Å². The van der Waals surface area contributed by atoms with Gasteiger partial charge < -0.3 is 5.32 Å². The summed E-state index contributed by atoms with van der Waals surface area (Å²) in [5, 5.41) is 3.76. The zero-order valence-corrected chi connectivity index (χ0v) is 11.3. The molecule has 1 unspecified atom stereocenters. The molecule has 1 N–H and O–H groups in total. The average molecular weight is 224 g/mol. The minimum atomic E-state index is 0.442. The molecular formula is C14H28N2. The molecule has 2 heteroatoms. The molecule has 2 rings (SSSR count). The predicted molar refractivity (Wildman–Crippen MR) is 69.7 cm³/mol. The Bertz CT molecular complexity index is 215. The number of hydrogen-bond donors (Lipinski definition) is 1. The van der Waals surface area contributed by atoms with E-state index in [0.29, 0.717) is 5.54 Å². The molecule has 2 aliphatic rings. The first-order valence-corrected chi connectivity index (χ1v) is 7.14. The van der Waals surface area contributed by atoms with Crippen molar-refractivity contribution in [2.75, 3.05) is 19.6 Å². The third-order valence-electron chi connectivity index (χ3n) is 4.18. The van der Waals surface area contributed by atoms with Gasteiger partial charge in [-0.25, -0.2) is 0 Å². The van der Waals surface area contributed by atoms with Crippen LogP contribution in [0, 0.1) is 5.92 Å². The Morgan fingerprint density at radius 1 is 1.38 bits per heavy atom. The van der Waals surface area contributed by atoms with Crippen molar-refractivity contribution in [3.63, 3.8) is 0 Å². The van der Waals surface area contributed by atoms with E-state index in [2.05, 4.69) is 31.0 Å². The highest BCUT2D eigenvalue weighted by Crippen LogP contribution is 2.32. The second-order valence-electron chi connectivity index (χ2n) is 6.22. The molecule has 2 fully saturated rings. The first-order chi connectivity index (χ1) is 7.65. The summed E-state index contributed by atoms with van der Waals surface area (Å²) in [4.78, 5) is 2.76. The summed E-state index contributed by atoms with van der Waals surface area (Å²) < 4.78 is 0. The van der Waals surface area contributed by atoms with E-state index in [1.165, 1.54) is 51.7 Å². The van der Waals surface area contributed by atoms with Gasteiger partial charge >= 0.3 is 0 Å². The molecule has 0 amide bonds. The molecule has 0 bridgehead atoms. The van der Waals surface area contributed by atoms with Gasteiger partial charge in [-0.3, -0.25) is 4.90 Å². The normalized spacial score (nSPS) is 30.6. The molecule has 0 radical (unpaired) electrons. The molecule has 1 aliphatic carbocycles. The number of hydrogen-bond acceptors (Lipinski definition) is 2. The summed E-state index contributed by atoms with van der Waals surface area (Å²) in [6, 6.07) is 0.910. The van der Waals surface area contributed by atoms with Gasteiger partial charge in [0.15, 0.2) is 0 Å². The fourth-order valence-corrected chi connectivity index (χ4v) is 3.06. The largest absolute Gasteiger partial charge is 0.310 e. The summed E-state index contributed by atoms with van der Waals surface area (Å²) in [7, 11) is 0. The first-order valence-electron chi connectivity index (χ1n) is 7.14. The highest BCUT2D eigenvalue weighted by molar-refractivity contribution is 4.97. The first kappa shape index (κ1) is 12.4. The molecular weight excluding hydrogens is 196 g/mol. The van der Waals surface area contributed by atoms with E-state index < -0.39 is 0 Å². The van der Waals surface area contributed by atoms with E-state index in [4.69, 9.17) is 0 Å². The van der Waals surface area contributed by atoms with Crippen molar-refractivity contribution in [3.8, 4) is 0 Å². The van der Waals surface area contributed by atoms with E-state index in [-0.39, 0.29) is 0 Å². The smallest absolute Gasteiger partial charge is 0.0306 e. The van der Waals surface area contributed by atoms with Gasteiger partial charge in [-0.2, -0.15) is 0 Å². The molecule has 1 saturated carbocycles.